The van der Waals surface area contributed by atoms with Crippen LogP contribution in [0.3, 0.4) is 0 Å². The number of anilines is 1. The fourth-order valence-electron chi connectivity index (χ4n) is 3.70. The molecule has 0 bridgehead atoms. The van der Waals surface area contributed by atoms with Crippen LogP contribution in [-0.4, -0.2) is 27.8 Å². The highest BCUT2D eigenvalue weighted by molar-refractivity contribution is 8.00. The zero-order valence-corrected chi connectivity index (χ0v) is 22.1. The molecule has 0 spiro atoms. The molecule has 3 aromatic rings. The lowest BCUT2D eigenvalue weighted by molar-refractivity contribution is -0.142. The van der Waals surface area contributed by atoms with Crippen molar-refractivity contribution in [3.8, 4) is 11.1 Å². The fraction of sp³-hybridized carbons (Fsp3) is 0.393. The Bertz CT molecular complexity index is 1050. The van der Waals surface area contributed by atoms with Crippen LogP contribution in [-0.2, 0) is 16.1 Å². The standard InChI is InChI=1S/C28H34ClN3O2S/c1-3-5-6-7-11-14-24(27(33)34-4-2)35-28-31-25(29)19-26(32-28)30-20-21-15-17-23(18-16-21)22-12-9-8-10-13-22/h8-10,12-13,15-19,24H,3-7,11,14,20H2,1-2H3,(H,30,31,32). The van der Waals surface area contributed by atoms with Crippen LogP contribution in [0.4, 0.5) is 5.82 Å². The second-order valence-corrected chi connectivity index (χ2v) is 9.89. The molecule has 0 aliphatic rings. The van der Waals surface area contributed by atoms with E-state index >= 15 is 0 Å². The maximum atomic E-state index is 12.5. The number of nitrogens with zero attached hydrogens (tertiary/aromatic N) is 2. The third-order valence-electron chi connectivity index (χ3n) is 5.58. The molecular weight excluding hydrogens is 478 g/mol. The van der Waals surface area contributed by atoms with Crippen molar-refractivity contribution in [1.29, 1.82) is 0 Å². The van der Waals surface area contributed by atoms with Crippen LogP contribution >= 0.6 is 23.4 Å². The monoisotopic (exact) mass is 511 g/mol. The molecule has 0 aliphatic heterocycles. The molecule has 1 heterocycles. The Hall–Kier alpha value is -2.57. The largest absolute Gasteiger partial charge is 0.465 e. The van der Waals surface area contributed by atoms with Crippen LogP contribution in [0.15, 0.2) is 65.8 Å². The molecule has 1 atom stereocenters. The SMILES string of the molecule is CCCCCCCC(Sc1nc(Cl)cc(NCc2ccc(-c3ccccc3)cc2)n1)C(=O)OCC. The number of thioether (sulfide) groups is 1. The summed E-state index contributed by atoms with van der Waals surface area (Å²) in [5.74, 6) is 0.412. The summed E-state index contributed by atoms with van der Waals surface area (Å²) in [6, 6.07) is 20.4. The smallest absolute Gasteiger partial charge is 0.319 e. The van der Waals surface area contributed by atoms with Crippen molar-refractivity contribution in [3.63, 3.8) is 0 Å². The number of aromatic nitrogens is 2. The minimum absolute atomic E-state index is 0.218. The van der Waals surface area contributed by atoms with Gasteiger partial charge in [0.2, 0.25) is 0 Å². The van der Waals surface area contributed by atoms with Crippen molar-refractivity contribution in [2.75, 3.05) is 11.9 Å². The van der Waals surface area contributed by atoms with Gasteiger partial charge in [-0.05, 0) is 30.0 Å². The maximum Gasteiger partial charge on any atom is 0.319 e. The average Bonchev–Trinajstić information content (AvgIpc) is 2.87. The van der Waals surface area contributed by atoms with E-state index in [9.17, 15) is 4.79 Å². The van der Waals surface area contributed by atoms with E-state index in [2.05, 4.69) is 58.6 Å². The van der Waals surface area contributed by atoms with Crippen LogP contribution in [0, 0.1) is 0 Å². The Morgan fingerprint density at radius 1 is 0.971 bits per heavy atom. The van der Waals surface area contributed by atoms with E-state index < -0.39 is 0 Å². The lowest BCUT2D eigenvalue weighted by Crippen LogP contribution is -2.21. The Morgan fingerprint density at radius 3 is 2.40 bits per heavy atom. The summed E-state index contributed by atoms with van der Waals surface area (Å²) in [7, 11) is 0. The molecule has 0 amide bonds. The number of carbonyl (C=O) groups is 1. The molecule has 3 rings (SSSR count). The zero-order chi connectivity index (χ0) is 24.9. The number of benzene rings is 2. The first-order valence-corrected chi connectivity index (χ1v) is 13.6. The summed E-state index contributed by atoms with van der Waals surface area (Å²) >= 11 is 7.61. The van der Waals surface area contributed by atoms with E-state index in [-0.39, 0.29) is 11.2 Å². The minimum Gasteiger partial charge on any atom is -0.465 e. The van der Waals surface area contributed by atoms with Crippen molar-refractivity contribution in [2.24, 2.45) is 0 Å². The van der Waals surface area contributed by atoms with Crippen molar-refractivity contribution in [3.05, 3.63) is 71.4 Å². The van der Waals surface area contributed by atoms with E-state index in [0.29, 0.717) is 29.3 Å². The van der Waals surface area contributed by atoms with Gasteiger partial charge in [-0.25, -0.2) is 9.97 Å². The lowest BCUT2D eigenvalue weighted by atomic mass is 10.0. The van der Waals surface area contributed by atoms with Crippen molar-refractivity contribution >= 4 is 35.1 Å². The van der Waals surface area contributed by atoms with Crippen LogP contribution in [0.25, 0.3) is 11.1 Å². The van der Waals surface area contributed by atoms with Gasteiger partial charge in [0.15, 0.2) is 5.16 Å². The van der Waals surface area contributed by atoms with Crippen LogP contribution in [0.2, 0.25) is 5.15 Å². The summed E-state index contributed by atoms with van der Waals surface area (Å²) in [4.78, 5) is 21.5. The van der Waals surface area contributed by atoms with Crippen LogP contribution < -0.4 is 5.32 Å². The first-order chi connectivity index (χ1) is 17.1. The van der Waals surface area contributed by atoms with Gasteiger partial charge in [-0.15, -0.1) is 0 Å². The second-order valence-electron chi connectivity index (χ2n) is 8.34. The Morgan fingerprint density at radius 2 is 1.69 bits per heavy atom. The summed E-state index contributed by atoms with van der Waals surface area (Å²) in [6.07, 6.45) is 6.42. The Labute approximate surface area is 218 Å². The van der Waals surface area contributed by atoms with Gasteiger partial charge in [0.1, 0.15) is 16.2 Å². The zero-order valence-electron chi connectivity index (χ0n) is 20.5. The van der Waals surface area contributed by atoms with E-state index in [4.69, 9.17) is 16.3 Å². The minimum atomic E-state index is -0.339. The van der Waals surface area contributed by atoms with Gasteiger partial charge in [0.05, 0.1) is 6.61 Å². The first-order valence-electron chi connectivity index (χ1n) is 12.3. The van der Waals surface area contributed by atoms with Gasteiger partial charge in [-0.2, -0.15) is 0 Å². The highest BCUT2D eigenvalue weighted by atomic mass is 35.5. The summed E-state index contributed by atoms with van der Waals surface area (Å²) in [6.45, 7) is 4.98. The molecule has 186 valence electrons. The van der Waals surface area contributed by atoms with Crippen molar-refractivity contribution < 1.29 is 9.53 Å². The highest BCUT2D eigenvalue weighted by Gasteiger charge is 2.23. The van der Waals surface area contributed by atoms with E-state index in [1.807, 2.05) is 25.1 Å². The number of rotatable bonds is 14. The number of hydrogen-bond acceptors (Lipinski definition) is 6. The molecule has 0 radical (unpaired) electrons. The molecular formula is C28H34ClN3O2S. The molecule has 1 unspecified atom stereocenters. The topological polar surface area (TPSA) is 64.1 Å². The normalized spacial score (nSPS) is 11.7. The third kappa shape index (κ3) is 9.19. The highest BCUT2D eigenvalue weighted by Crippen LogP contribution is 2.28. The van der Waals surface area contributed by atoms with Crippen LogP contribution in [0.1, 0.15) is 57.9 Å². The maximum absolute atomic E-state index is 12.5. The second kappa shape index (κ2) is 14.7. The number of nitrogens with one attached hydrogen (secondary N) is 1. The van der Waals surface area contributed by atoms with Gasteiger partial charge in [-0.3, -0.25) is 4.79 Å². The van der Waals surface area contributed by atoms with Gasteiger partial charge >= 0.3 is 5.97 Å². The van der Waals surface area contributed by atoms with Crippen LogP contribution in [0.5, 0.6) is 0 Å². The van der Waals surface area contributed by atoms with E-state index in [1.54, 1.807) is 6.07 Å². The van der Waals surface area contributed by atoms with Gasteiger partial charge in [0.25, 0.3) is 0 Å². The Balaban J connectivity index is 1.61. The molecule has 0 saturated heterocycles. The van der Waals surface area contributed by atoms with Gasteiger partial charge < -0.3 is 10.1 Å². The van der Waals surface area contributed by atoms with Gasteiger partial charge in [0, 0.05) is 12.6 Å². The summed E-state index contributed by atoms with van der Waals surface area (Å²) in [5.41, 5.74) is 3.50. The van der Waals surface area contributed by atoms with Gasteiger partial charge in [-0.1, -0.05) is 117 Å². The first kappa shape index (κ1) is 27.0. The molecule has 0 aliphatic carbocycles. The summed E-state index contributed by atoms with van der Waals surface area (Å²) < 4.78 is 5.30. The molecule has 7 heteroatoms. The number of hydrogen-bond donors (Lipinski definition) is 1. The predicted molar refractivity (Wildman–Crippen MR) is 146 cm³/mol. The summed E-state index contributed by atoms with van der Waals surface area (Å²) in [5, 5.41) is 3.81. The Kier molecular flexibility index (Phi) is 11.4. The lowest BCUT2D eigenvalue weighted by Gasteiger charge is -2.15. The number of esters is 1. The van der Waals surface area contributed by atoms with E-state index in [1.165, 1.54) is 42.2 Å². The van der Waals surface area contributed by atoms with E-state index in [0.717, 1.165) is 24.8 Å². The predicted octanol–water partition coefficient (Wildman–Crippen LogP) is 7.79. The fourth-order valence-corrected chi connectivity index (χ4v) is 4.94. The molecule has 0 fully saturated rings. The van der Waals surface area contributed by atoms with Crippen molar-refractivity contribution in [2.45, 2.75) is 69.3 Å². The number of unbranched alkanes of at least 4 members (excludes halogenated alkanes) is 4. The number of halogens is 1. The van der Waals surface area contributed by atoms with Crippen molar-refractivity contribution in [1.82, 2.24) is 9.97 Å². The quantitative estimate of drug-likeness (QED) is 0.0783. The molecule has 2 aromatic carbocycles. The third-order valence-corrected chi connectivity index (χ3v) is 6.88. The number of ether oxygens (including phenoxy) is 1. The molecule has 1 aromatic heterocycles. The number of carbonyl (C=O) groups excluding carboxylic acids is 1. The molecule has 1 N–H and O–H groups in total. The molecule has 0 saturated carbocycles. The average molecular weight is 512 g/mol. The molecule has 5 nitrogen and oxygen atoms in total. The molecule has 35 heavy (non-hydrogen) atoms.